The van der Waals surface area contributed by atoms with Gasteiger partial charge in [-0.25, -0.2) is 14.2 Å². The van der Waals surface area contributed by atoms with Crippen molar-refractivity contribution in [3.05, 3.63) is 70.8 Å². The summed E-state index contributed by atoms with van der Waals surface area (Å²) >= 11 is 5.83. The number of ether oxygens (including phenoxy) is 1. The average molecular weight is 387 g/mol. The van der Waals surface area contributed by atoms with E-state index in [2.05, 4.69) is 4.98 Å². The monoisotopic (exact) mass is 386 g/mol. The van der Waals surface area contributed by atoms with E-state index in [0.717, 1.165) is 30.4 Å². The van der Waals surface area contributed by atoms with Crippen molar-refractivity contribution in [2.45, 2.75) is 44.4 Å². The number of carbonyl (C=O) groups is 1. The number of nitrogens with zero attached hydrogens (tertiary/aromatic N) is 2. The van der Waals surface area contributed by atoms with Gasteiger partial charge < -0.3 is 4.74 Å². The number of hydrogen-bond acceptors (Lipinski definition) is 3. The summed E-state index contributed by atoms with van der Waals surface area (Å²) in [5, 5.41) is -0.122. The fourth-order valence-electron chi connectivity index (χ4n) is 3.97. The second-order valence-corrected chi connectivity index (χ2v) is 7.32. The quantitative estimate of drug-likeness (QED) is 0.679. The fourth-order valence-corrected chi connectivity index (χ4v) is 4.13. The smallest absolute Gasteiger partial charge is 0.410 e. The van der Waals surface area contributed by atoms with Crippen LogP contribution in [0.3, 0.4) is 0 Å². The Labute approximate surface area is 162 Å². The van der Waals surface area contributed by atoms with Gasteiger partial charge in [0.25, 0.3) is 0 Å². The maximum absolute atomic E-state index is 14.4. The second kappa shape index (κ2) is 7.69. The first kappa shape index (κ1) is 18.0. The van der Waals surface area contributed by atoms with E-state index < -0.39 is 5.82 Å². The van der Waals surface area contributed by atoms with Gasteiger partial charge in [-0.05, 0) is 42.9 Å². The molecule has 2 aliphatic rings. The third kappa shape index (κ3) is 3.69. The standard InChI is InChI=1S/C21H20ClFN2O2/c22-20-19(23)18(9-10-24-20)15-11-16-7-4-8-17(12-15)25(16)21(26)27-13-14-5-2-1-3-6-14/h1-3,5-6,9-11,16-17H,4,7-8,12-13H2. The molecule has 2 aromatic rings. The minimum atomic E-state index is -0.497. The van der Waals surface area contributed by atoms with E-state index in [0.29, 0.717) is 12.0 Å². The lowest BCUT2D eigenvalue weighted by molar-refractivity contribution is 0.0510. The molecule has 0 N–H and O–H groups in total. The Balaban J connectivity index is 1.53. The van der Waals surface area contributed by atoms with Gasteiger partial charge in [0.05, 0.1) is 6.04 Å². The van der Waals surface area contributed by atoms with Gasteiger partial charge in [0.1, 0.15) is 6.61 Å². The van der Waals surface area contributed by atoms with Crippen LogP contribution in [0.1, 0.15) is 36.8 Å². The van der Waals surface area contributed by atoms with Crippen molar-refractivity contribution < 1.29 is 13.9 Å². The van der Waals surface area contributed by atoms with Crippen LogP contribution >= 0.6 is 11.6 Å². The molecule has 1 fully saturated rings. The second-order valence-electron chi connectivity index (χ2n) is 6.96. The van der Waals surface area contributed by atoms with Crippen LogP contribution in [0.4, 0.5) is 9.18 Å². The summed E-state index contributed by atoms with van der Waals surface area (Å²) in [6.45, 7) is 0.251. The molecular weight excluding hydrogens is 367 g/mol. The number of halogens is 2. The van der Waals surface area contributed by atoms with Crippen LogP contribution < -0.4 is 0 Å². The van der Waals surface area contributed by atoms with Crippen molar-refractivity contribution >= 4 is 23.3 Å². The zero-order valence-corrected chi connectivity index (χ0v) is 15.5. The molecule has 4 rings (SSSR count). The molecule has 2 aliphatic heterocycles. The van der Waals surface area contributed by atoms with Crippen molar-refractivity contribution in [2.24, 2.45) is 0 Å². The van der Waals surface area contributed by atoms with Gasteiger partial charge in [0.2, 0.25) is 0 Å². The summed E-state index contributed by atoms with van der Waals surface area (Å²) < 4.78 is 19.9. The number of carbonyl (C=O) groups excluding carboxylic acids is 1. The largest absolute Gasteiger partial charge is 0.445 e. The van der Waals surface area contributed by atoms with E-state index >= 15 is 0 Å². The van der Waals surface area contributed by atoms with Crippen molar-refractivity contribution in [3.8, 4) is 0 Å². The SMILES string of the molecule is O=C(OCc1ccccc1)N1C2C=C(c3ccnc(Cl)c3F)CC1CCC2. The molecule has 27 heavy (non-hydrogen) atoms. The Morgan fingerprint density at radius 1 is 1.26 bits per heavy atom. The van der Waals surface area contributed by atoms with Crippen molar-refractivity contribution in [1.82, 2.24) is 9.88 Å². The number of hydrogen-bond donors (Lipinski definition) is 0. The highest BCUT2D eigenvalue weighted by molar-refractivity contribution is 6.29. The number of rotatable bonds is 3. The van der Waals surface area contributed by atoms with Crippen molar-refractivity contribution in [3.63, 3.8) is 0 Å². The molecule has 3 heterocycles. The van der Waals surface area contributed by atoms with Gasteiger partial charge >= 0.3 is 6.09 Å². The summed E-state index contributed by atoms with van der Waals surface area (Å²) in [5.41, 5.74) is 2.32. The molecule has 1 saturated heterocycles. The predicted octanol–water partition coefficient (Wildman–Crippen LogP) is 5.22. The van der Waals surface area contributed by atoms with E-state index in [9.17, 15) is 9.18 Å². The molecule has 2 atom stereocenters. The predicted molar refractivity (Wildman–Crippen MR) is 102 cm³/mol. The lowest BCUT2D eigenvalue weighted by Gasteiger charge is -2.44. The Bertz CT molecular complexity index is 872. The van der Waals surface area contributed by atoms with E-state index in [4.69, 9.17) is 16.3 Å². The number of aromatic nitrogens is 1. The Morgan fingerprint density at radius 2 is 2.07 bits per heavy atom. The number of amides is 1. The van der Waals surface area contributed by atoms with Gasteiger partial charge in [0, 0.05) is 17.8 Å². The average Bonchev–Trinajstić information content (AvgIpc) is 2.68. The number of pyridine rings is 1. The van der Waals surface area contributed by atoms with E-state index in [1.54, 1.807) is 6.07 Å². The minimum Gasteiger partial charge on any atom is -0.445 e. The third-order valence-electron chi connectivity index (χ3n) is 5.25. The molecule has 4 nitrogen and oxygen atoms in total. The molecule has 0 spiro atoms. The summed E-state index contributed by atoms with van der Waals surface area (Å²) in [7, 11) is 0. The van der Waals surface area contributed by atoms with Crippen LogP contribution in [0, 0.1) is 5.82 Å². The third-order valence-corrected chi connectivity index (χ3v) is 5.51. The lowest BCUT2D eigenvalue weighted by atomic mass is 9.83. The summed E-state index contributed by atoms with van der Waals surface area (Å²) in [4.78, 5) is 18.3. The maximum atomic E-state index is 14.4. The van der Waals surface area contributed by atoms with E-state index in [1.165, 1.54) is 6.20 Å². The highest BCUT2D eigenvalue weighted by atomic mass is 35.5. The molecule has 140 valence electrons. The molecule has 1 aromatic heterocycles. The van der Waals surface area contributed by atoms with Gasteiger partial charge in [-0.1, -0.05) is 48.0 Å². The van der Waals surface area contributed by atoms with Crippen LogP contribution in [-0.4, -0.2) is 28.1 Å². The van der Waals surface area contributed by atoms with Crippen molar-refractivity contribution in [2.75, 3.05) is 0 Å². The van der Waals surface area contributed by atoms with Crippen LogP contribution in [0.5, 0.6) is 0 Å². The van der Waals surface area contributed by atoms with Gasteiger partial charge in [-0.2, -0.15) is 0 Å². The molecule has 0 radical (unpaired) electrons. The van der Waals surface area contributed by atoms with Gasteiger partial charge in [0.15, 0.2) is 11.0 Å². The van der Waals surface area contributed by atoms with Gasteiger partial charge in [-0.15, -0.1) is 0 Å². The topological polar surface area (TPSA) is 42.4 Å². The Kier molecular flexibility index (Phi) is 5.12. The molecular formula is C21H20ClFN2O2. The molecule has 0 saturated carbocycles. The molecule has 2 unspecified atom stereocenters. The fraction of sp³-hybridized carbons (Fsp3) is 0.333. The zero-order chi connectivity index (χ0) is 18.8. The summed E-state index contributed by atoms with van der Waals surface area (Å²) in [6, 6.07) is 11.2. The van der Waals surface area contributed by atoms with Crippen LogP contribution in [0.2, 0.25) is 5.15 Å². The number of piperidine rings is 1. The van der Waals surface area contributed by atoms with Crippen LogP contribution in [-0.2, 0) is 11.3 Å². The Morgan fingerprint density at radius 3 is 2.85 bits per heavy atom. The molecule has 1 amide bonds. The van der Waals surface area contributed by atoms with E-state index in [1.807, 2.05) is 41.3 Å². The highest BCUT2D eigenvalue weighted by Gasteiger charge is 2.38. The molecule has 2 bridgehead atoms. The van der Waals surface area contributed by atoms with E-state index in [-0.39, 0.29) is 29.9 Å². The van der Waals surface area contributed by atoms with Crippen molar-refractivity contribution in [1.29, 1.82) is 0 Å². The zero-order valence-electron chi connectivity index (χ0n) is 14.8. The first-order valence-electron chi connectivity index (χ1n) is 9.13. The number of benzene rings is 1. The molecule has 1 aromatic carbocycles. The van der Waals surface area contributed by atoms with Crippen LogP contribution in [0.25, 0.3) is 5.57 Å². The first-order valence-corrected chi connectivity index (χ1v) is 9.51. The Hall–Kier alpha value is -2.40. The van der Waals surface area contributed by atoms with Crippen LogP contribution in [0.15, 0.2) is 48.7 Å². The normalized spacial score (nSPS) is 21.6. The summed E-state index contributed by atoms with van der Waals surface area (Å²) in [6.07, 6.45) is 6.55. The van der Waals surface area contributed by atoms with Gasteiger partial charge in [-0.3, -0.25) is 4.90 Å². The maximum Gasteiger partial charge on any atom is 0.410 e. The molecule has 6 heteroatoms. The lowest BCUT2D eigenvalue weighted by Crippen LogP contribution is -2.51. The minimum absolute atomic E-state index is 0.0124. The number of fused-ring (bicyclic) bond motifs is 2. The highest BCUT2D eigenvalue weighted by Crippen LogP contribution is 2.38. The first-order chi connectivity index (χ1) is 13.1. The summed E-state index contributed by atoms with van der Waals surface area (Å²) in [5.74, 6) is -0.497. The molecule has 0 aliphatic carbocycles.